The number of rotatable bonds is 28. The molecule has 0 radical (unpaired) electrons. The van der Waals surface area contributed by atoms with Gasteiger partial charge in [0.25, 0.3) is 0 Å². The Morgan fingerprint density at radius 3 is 1.60 bits per heavy atom. The highest BCUT2D eigenvalue weighted by atomic mass is 16.6. The van der Waals surface area contributed by atoms with Gasteiger partial charge in [-0.2, -0.15) is 0 Å². The zero-order valence-electron chi connectivity index (χ0n) is 28.8. The maximum atomic E-state index is 13.4. The van der Waals surface area contributed by atoms with Gasteiger partial charge in [-0.25, -0.2) is 4.79 Å². The number of hydrogen-bond donors (Lipinski definition) is 5. The van der Waals surface area contributed by atoms with Gasteiger partial charge in [0.05, 0.1) is 19.8 Å². The molecule has 0 unspecified atom stereocenters. The molecule has 1 aliphatic rings. The number of ether oxygens (including phenoxy) is 2. The van der Waals surface area contributed by atoms with Gasteiger partial charge >= 0.3 is 6.09 Å². The van der Waals surface area contributed by atoms with Crippen molar-refractivity contribution in [3.8, 4) is 0 Å². The quantitative estimate of drug-likeness (QED) is 0.0658. The lowest BCUT2D eigenvalue weighted by Gasteiger charge is -2.46. The molecular weight excluding hydrogens is 574 g/mol. The lowest BCUT2D eigenvalue weighted by atomic mass is 9.95. The Labute approximate surface area is 274 Å². The van der Waals surface area contributed by atoms with Gasteiger partial charge in [-0.15, -0.1) is 0 Å². The Kier molecular flexibility index (Phi) is 25.5. The first-order valence-corrected chi connectivity index (χ1v) is 18.5. The number of carbonyl (C=O) groups excluding carboxylic acids is 2. The second kappa shape index (κ2) is 27.6. The highest BCUT2D eigenvalue weighted by molar-refractivity contribution is 5.78. The van der Waals surface area contributed by atoms with Gasteiger partial charge in [-0.05, 0) is 12.8 Å². The Morgan fingerprint density at radius 1 is 0.711 bits per heavy atom. The molecule has 1 aliphatic heterocycles. The van der Waals surface area contributed by atoms with E-state index in [2.05, 4.69) is 19.2 Å². The van der Waals surface area contributed by atoms with E-state index in [4.69, 9.17) is 15.2 Å². The van der Waals surface area contributed by atoms with Crippen LogP contribution in [0.15, 0.2) is 0 Å². The number of nitrogens with zero attached hydrogens (tertiary/aromatic N) is 1. The lowest BCUT2D eigenvalue weighted by Crippen LogP contribution is -2.69. The number of aliphatic hydroxyl groups is 3. The number of nitrogens with two attached hydrogens (primary N) is 1. The third-order valence-corrected chi connectivity index (χ3v) is 8.93. The number of amides is 2. The molecule has 266 valence electrons. The summed E-state index contributed by atoms with van der Waals surface area (Å²) >= 11 is 0. The van der Waals surface area contributed by atoms with Gasteiger partial charge in [0.15, 0.2) is 6.23 Å². The van der Waals surface area contributed by atoms with E-state index in [9.17, 15) is 24.9 Å². The van der Waals surface area contributed by atoms with E-state index >= 15 is 0 Å². The monoisotopic (exact) mass is 644 g/mol. The van der Waals surface area contributed by atoms with Crippen LogP contribution in [-0.2, 0) is 14.3 Å². The summed E-state index contributed by atoms with van der Waals surface area (Å²) < 4.78 is 11.6. The molecule has 1 heterocycles. The zero-order valence-corrected chi connectivity index (χ0v) is 28.8. The summed E-state index contributed by atoms with van der Waals surface area (Å²) in [6.07, 6.45) is 20.2. The molecule has 1 fully saturated rings. The molecule has 0 spiro atoms. The van der Waals surface area contributed by atoms with Gasteiger partial charge in [0.1, 0.15) is 24.4 Å². The lowest BCUT2D eigenvalue weighted by molar-refractivity contribution is -0.226. The van der Waals surface area contributed by atoms with Crippen molar-refractivity contribution in [2.45, 2.75) is 186 Å². The number of hydrogen-bond acceptors (Lipinski definition) is 8. The van der Waals surface area contributed by atoms with Gasteiger partial charge in [0, 0.05) is 6.54 Å². The summed E-state index contributed by atoms with van der Waals surface area (Å²) in [6.45, 7) is 4.16. The van der Waals surface area contributed by atoms with Crippen molar-refractivity contribution >= 4 is 12.0 Å². The second-order valence-electron chi connectivity index (χ2n) is 12.9. The number of carbonyl (C=O) groups is 2. The van der Waals surface area contributed by atoms with Crippen molar-refractivity contribution in [1.29, 1.82) is 0 Å². The Hall–Kier alpha value is -1.46. The molecular formula is C35H69N3O7. The number of unbranched alkanes of at least 4 members (excludes halogenated alkanes) is 20. The predicted octanol–water partition coefficient (Wildman–Crippen LogP) is 5.93. The smallest absolute Gasteiger partial charge is 0.411 e. The molecule has 10 heteroatoms. The van der Waals surface area contributed by atoms with Crippen molar-refractivity contribution in [1.82, 2.24) is 10.2 Å². The molecule has 5 atom stereocenters. The average molecular weight is 644 g/mol. The van der Waals surface area contributed by atoms with Crippen LogP contribution in [0.2, 0.25) is 0 Å². The molecule has 1 saturated heterocycles. The Bertz CT molecular complexity index is 729. The molecule has 0 saturated carbocycles. The van der Waals surface area contributed by atoms with Crippen LogP contribution in [0.25, 0.3) is 0 Å². The molecule has 0 aromatic rings. The van der Waals surface area contributed by atoms with Crippen molar-refractivity contribution in [3.05, 3.63) is 0 Å². The van der Waals surface area contributed by atoms with E-state index < -0.39 is 49.2 Å². The summed E-state index contributed by atoms with van der Waals surface area (Å²) in [5.74, 6) is -0.550. The van der Waals surface area contributed by atoms with E-state index in [0.29, 0.717) is 13.0 Å². The highest BCUT2D eigenvalue weighted by Gasteiger charge is 2.48. The molecule has 0 aromatic carbocycles. The maximum Gasteiger partial charge on any atom is 0.411 e. The molecule has 0 bridgehead atoms. The largest absolute Gasteiger partial charge is 0.449 e. The normalized spacial score (nSPS) is 21.5. The minimum Gasteiger partial charge on any atom is -0.449 e. The van der Waals surface area contributed by atoms with Crippen LogP contribution in [0.4, 0.5) is 4.79 Å². The minimum absolute atomic E-state index is 0.270. The average Bonchev–Trinajstić information content (AvgIpc) is 3.04. The highest BCUT2D eigenvalue weighted by Crippen LogP contribution is 2.25. The van der Waals surface area contributed by atoms with Gasteiger partial charge in [0.2, 0.25) is 5.91 Å². The molecule has 1 rings (SSSR count). The first-order chi connectivity index (χ1) is 21.9. The topological polar surface area (TPSA) is 155 Å². The van der Waals surface area contributed by atoms with Gasteiger partial charge in [-0.3, -0.25) is 9.69 Å². The molecule has 2 amide bonds. The molecule has 6 N–H and O–H groups in total. The van der Waals surface area contributed by atoms with E-state index in [1.54, 1.807) is 0 Å². The van der Waals surface area contributed by atoms with Crippen molar-refractivity contribution < 1.29 is 34.4 Å². The standard InChI is InChI=1S/C35H69N3O7/c1-3-5-7-9-11-13-15-16-18-20-22-24-26-44-35(43)38(25-23-21-19-17-14-12-10-8-6-4-2)34-31(37-30(40)27-36)33(42)32(41)29(28-39)45-34/h29,31-34,39,41-42H,3-28,36H2,1-2H3,(H,37,40)/t29-,31-,32-,33-,34-/m1/s1. The van der Waals surface area contributed by atoms with E-state index in [0.717, 1.165) is 38.5 Å². The van der Waals surface area contributed by atoms with Crippen molar-refractivity contribution in [2.75, 3.05) is 26.3 Å². The fraction of sp³-hybridized carbons (Fsp3) is 0.943. The summed E-state index contributed by atoms with van der Waals surface area (Å²) in [7, 11) is 0. The summed E-state index contributed by atoms with van der Waals surface area (Å²) in [5, 5.41) is 33.7. The minimum atomic E-state index is -1.46. The van der Waals surface area contributed by atoms with Crippen molar-refractivity contribution in [3.63, 3.8) is 0 Å². The Balaban J connectivity index is 2.62. The van der Waals surface area contributed by atoms with E-state index in [-0.39, 0.29) is 13.2 Å². The third kappa shape index (κ3) is 18.5. The fourth-order valence-corrected chi connectivity index (χ4v) is 6.04. The number of nitrogens with one attached hydrogen (secondary N) is 1. The summed E-state index contributed by atoms with van der Waals surface area (Å²) in [4.78, 5) is 27.0. The van der Waals surface area contributed by atoms with Crippen LogP contribution in [0.1, 0.15) is 155 Å². The van der Waals surface area contributed by atoms with Crippen molar-refractivity contribution in [2.24, 2.45) is 5.73 Å². The van der Waals surface area contributed by atoms with Gasteiger partial charge < -0.3 is 35.8 Å². The molecule has 0 aromatic heterocycles. The van der Waals surface area contributed by atoms with Crippen LogP contribution in [-0.4, -0.2) is 89.1 Å². The molecule has 0 aliphatic carbocycles. The predicted molar refractivity (Wildman–Crippen MR) is 180 cm³/mol. The van der Waals surface area contributed by atoms with Crippen LogP contribution in [0.5, 0.6) is 0 Å². The van der Waals surface area contributed by atoms with E-state index in [1.165, 1.54) is 101 Å². The van der Waals surface area contributed by atoms with Crippen LogP contribution in [0.3, 0.4) is 0 Å². The summed E-state index contributed by atoms with van der Waals surface area (Å²) in [5.41, 5.74) is 5.50. The van der Waals surface area contributed by atoms with E-state index in [1.807, 2.05) is 0 Å². The van der Waals surface area contributed by atoms with Crippen LogP contribution in [0, 0.1) is 0 Å². The van der Waals surface area contributed by atoms with Gasteiger partial charge in [-0.1, -0.05) is 142 Å². The molecule has 10 nitrogen and oxygen atoms in total. The van der Waals surface area contributed by atoms with Crippen LogP contribution >= 0.6 is 0 Å². The maximum absolute atomic E-state index is 13.4. The second-order valence-corrected chi connectivity index (χ2v) is 12.9. The molecule has 45 heavy (non-hydrogen) atoms. The summed E-state index contributed by atoms with van der Waals surface area (Å²) in [6, 6.07) is -1.12. The SMILES string of the molecule is CCCCCCCCCCCCCCOC(=O)N(CCCCCCCCCCCC)[C@@H]1O[C@H](CO)[C@@H](O)[C@H](O)[C@H]1NC(=O)CN. The Morgan fingerprint density at radius 2 is 1.16 bits per heavy atom. The zero-order chi connectivity index (χ0) is 33.1. The first-order valence-electron chi connectivity index (χ1n) is 18.5. The third-order valence-electron chi connectivity index (χ3n) is 8.93. The first kappa shape index (κ1) is 41.6. The number of aliphatic hydroxyl groups excluding tert-OH is 3. The van der Waals surface area contributed by atoms with Crippen LogP contribution < -0.4 is 11.1 Å². The fourth-order valence-electron chi connectivity index (χ4n) is 6.04.